The van der Waals surface area contributed by atoms with Gasteiger partial charge in [0.05, 0.1) is 28.5 Å². The summed E-state index contributed by atoms with van der Waals surface area (Å²) < 4.78 is 11.2. The van der Waals surface area contributed by atoms with Gasteiger partial charge in [0.15, 0.2) is 6.10 Å². The van der Waals surface area contributed by atoms with Gasteiger partial charge in [-0.05, 0) is 69.0 Å². The third kappa shape index (κ3) is 7.08. The monoisotopic (exact) mass is 571 g/mol. The van der Waals surface area contributed by atoms with Crippen LogP contribution in [0.2, 0.25) is 0 Å². The average Bonchev–Trinajstić information content (AvgIpc) is 3.03. The van der Waals surface area contributed by atoms with Crippen molar-refractivity contribution in [1.82, 2.24) is 4.90 Å². The number of para-hydroxylation sites is 1. The number of nitro benzene ring substituents is 1. The van der Waals surface area contributed by atoms with Crippen LogP contribution in [0.1, 0.15) is 27.6 Å². The van der Waals surface area contributed by atoms with E-state index in [1.165, 1.54) is 36.0 Å². The summed E-state index contributed by atoms with van der Waals surface area (Å²) in [5.74, 6) is -0.377. The van der Waals surface area contributed by atoms with Gasteiger partial charge in [0.25, 0.3) is 11.6 Å². The predicted octanol–water partition coefficient (Wildman–Crippen LogP) is 5.38. The molecule has 11 heteroatoms. The fourth-order valence-corrected chi connectivity index (χ4v) is 5.53. The van der Waals surface area contributed by atoms with Gasteiger partial charge in [-0.3, -0.25) is 14.9 Å². The molecule has 1 heterocycles. The van der Waals surface area contributed by atoms with E-state index < -0.39 is 22.2 Å². The molecule has 0 unspecified atom stereocenters. The topological polar surface area (TPSA) is 102 Å². The van der Waals surface area contributed by atoms with Gasteiger partial charge in [-0.15, -0.1) is 24.2 Å². The fourth-order valence-electron chi connectivity index (χ4n) is 4.21. The number of hydrogen-bond acceptors (Lipinski definition) is 8. The molecule has 1 amide bonds. The SMILES string of the molecule is COc1ccc([C@@H]2Sc3ccccc3N(CCCN(C)C)C(=O)[C@@H]2OC(=O)c2ccc([N+](=O)[O-])cc2)cc1.Cl. The second kappa shape index (κ2) is 13.5. The lowest BCUT2D eigenvalue weighted by molar-refractivity contribution is -0.384. The molecule has 3 aromatic carbocycles. The summed E-state index contributed by atoms with van der Waals surface area (Å²) in [4.78, 5) is 42.5. The molecule has 0 saturated heterocycles. The Hall–Kier alpha value is -3.60. The van der Waals surface area contributed by atoms with E-state index in [-0.39, 0.29) is 29.6 Å². The summed E-state index contributed by atoms with van der Waals surface area (Å²) >= 11 is 1.46. The Morgan fingerprint density at radius 3 is 2.33 bits per heavy atom. The van der Waals surface area contributed by atoms with Crippen molar-refractivity contribution in [3.8, 4) is 5.75 Å². The minimum atomic E-state index is -1.14. The molecular formula is C28H30ClN3O6S. The normalized spacial score (nSPS) is 16.6. The molecule has 0 fully saturated rings. The van der Waals surface area contributed by atoms with Crippen molar-refractivity contribution in [2.75, 3.05) is 39.2 Å². The van der Waals surface area contributed by atoms with Crippen LogP contribution in [0.4, 0.5) is 11.4 Å². The number of carbonyl (C=O) groups is 2. The molecule has 0 aromatic heterocycles. The number of fused-ring (bicyclic) bond motifs is 1. The van der Waals surface area contributed by atoms with E-state index in [1.54, 1.807) is 24.1 Å². The Morgan fingerprint density at radius 1 is 1.05 bits per heavy atom. The molecule has 0 radical (unpaired) electrons. The molecule has 39 heavy (non-hydrogen) atoms. The van der Waals surface area contributed by atoms with Crippen molar-refractivity contribution in [2.45, 2.75) is 22.7 Å². The van der Waals surface area contributed by atoms with E-state index in [1.807, 2.05) is 50.5 Å². The van der Waals surface area contributed by atoms with Crippen molar-refractivity contribution in [3.63, 3.8) is 0 Å². The number of benzene rings is 3. The molecule has 0 bridgehead atoms. The predicted molar refractivity (Wildman–Crippen MR) is 153 cm³/mol. The molecule has 0 spiro atoms. The second-order valence-electron chi connectivity index (χ2n) is 9.06. The zero-order valence-corrected chi connectivity index (χ0v) is 23.4. The number of halogens is 1. The quantitative estimate of drug-likeness (QED) is 0.191. The number of esters is 1. The first kappa shape index (κ1) is 29.9. The number of methoxy groups -OCH3 is 1. The maximum absolute atomic E-state index is 14.1. The number of anilines is 1. The number of carbonyl (C=O) groups excluding carboxylic acids is 2. The van der Waals surface area contributed by atoms with Gasteiger partial charge >= 0.3 is 5.97 Å². The van der Waals surface area contributed by atoms with Gasteiger partial charge in [-0.1, -0.05) is 24.3 Å². The van der Waals surface area contributed by atoms with Crippen molar-refractivity contribution in [2.24, 2.45) is 0 Å². The number of nitro groups is 1. The molecule has 1 aliphatic heterocycles. The van der Waals surface area contributed by atoms with Crippen LogP contribution < -0.4 is 9.64 Å². The van der Waals surface area contributed by atoms with Gasteiger partial charge in [-0.25, -0.2) is 4.79 Å². The number of nitrogens with zero attached hydrogens (tertiary/aromatic N) is 3. The molecular weight excluding hydrogens is 542 g/mol. The molecule has 206 valence electrons. The van der Waals surface area contributed by atoms with Crippen LogP contribution in [-0.4, -0.2) is 62.1 Å². The van der Waals surface area contributed by atoms with E-state index in [0.29, 0.717) is 12.3 Å². The highest BCUT2D eigenvalue weighted by Crippen LogP contribution is 2.47. The van der Waals surface area contributed by atoms with Gasteiger partial charge in [-0.2, -0.15) is 0 Å². The van der Waals surface area contributed by atoms with Crippen LogP contribution in [-0.2, 0) is 9.53 Å². The lowest BCUT2D eigenvalue weighted by atomic mass is 10.0. The molecule has 2 atom stereocenters. The molecule has 3 aromatic rings. The molecule has 4 rings (SSSR count). The highest BCUT2D eigenvalue weighted by molar-refractivity contribution is 7.99. The Bertz CT molecular complexity index is 1300. The Kier molecular flexibility index (Phi) is 10.3. The molecule has 1 aliphatic rings. The van der Waals surface area contributed by atoms with E-state index in [4.69, 9.17) is 9.47 Å². The van der Waals surface area contributed by atoms with E-state index in [2.05, 4.69) is 4.90 Å². The number of amides is 1. The maximum Gasteiger partial charge on any atom is 0.338 e. The van der Waals surface area contributed by atoms with Crippen molar-refractivity contribution >= 4 is 47.4 Å². The lowest BCUT2D eigenvalue weighted by Crippen LogP contribution is -2.43. The fraction of sp³-hybridized carbons (Fsp3) is 0.286. The zero-order chi connectivity index (χ0) is 27.2. The minimum Gasteiger partial charge on any atom is -0.497 e. The summed E-state index contributed by atoms with van der Waals surface area (Å²) in [6.07, 6.45) is -0.406. The van der Waals surface area contributed by atoms with Crippen LogP contribution in [0.15, 0.2) is 77.7 Å². The second-order valence-corrected chi connectivity index (χ2v) is 10.2. The van der Waals surface area contributed by atoms with Crippen molar-refractivity contribution in [3.05, 3.63) is 94.0 Å². The van der Waals surface area contributed by atoms with Crippen LogP contribution in [0.25, 0.3) is 0 Å². The first-order valence-corrected chi connectivity index (χ1v) is 13.0. The number of rotatable bonds is 9. The number of ether oxygens (including phenoxy) is 2. The lowest BCUT2D eigenvalue weighted by Gasteiger charge is -2.28. The molecule has 0 N–H and O–H groups in total. The standard InChI is InChI=1S/C28H29N3O6S.ClH/c1-29(2)17-6-18-30-23-7-4-5-8-24(23)38-26(19-11-15-22(36-3)16-12-19)25(27(30)32)37-28(33)20-9-13-21(14-10-20)31(34)35;/h4-5,7-16,25-26H,6,17-18H2,1-3H3;1H/t25-,26+;/m1./s1. The average molecular weight is 572 g/mol. The first-order valence-electron chi connectivity index (χ1n) is 12.1. The van der Waals surface area contributed by atoms with Crippen LogP contribution in [0, 0.1) is 10.1 Å². The van der Waals surface area contributed by atoms with Crippen molar-refractivity contribution in [1.29, 1.82) is 0 Å². The minimum absolute atomic E-state index is 0. The third-order valence-corrected chi connectivity index (χ3v) is 7.55. The summed E-state index contributed by atoms with van der Waals surface area (Å²) in [6, 6.07) is 20.2. The number of hydrogen-bond donors (Lipinski definition) is 0. The van der Waals surface area contributed by atoms with Crippen molar-refractivity contribution < 1.29 is 24.0 Å². The Morgan fingerprint density at radius 2 is 1.72 bits per heavy atom. The first-order chi connectivity index (χ1) is 18.3. The van der Waals surface area contributed by atoms with E-state index in [0.717, 1.165) is 29.1 Å². The van der Waals surface area contributed by atoms with Gasteiger partial charge in [0.2, 0.25) is 0 Å². The van der Waals surface area contributed by atoms with Gasteiger partial charge in [0.1, 0.15) is 5.75 Å². The molecule has 9 nitrogen and oxygen atoms in total. The van der Waals surface area contributed by atoms with Gasteiger partial charge in [0, 0.05) is 23.6 Å². The van der Waals surface area contributed by atoms with Crippen LogP contribution in [0.3, 0.4) is 0 Å². The smallest absolute Gasteiger partial charge is 0.338 e. The highest BCUT2D eigenvalue weighted by Gasteiger charge is 2.41. The Balaban J connectivity index is 0.00000420. The largest absolute Gasteiger partial charge is 0.497 e. The molecule has 0 aliphatic carbocycles. The highest BCUT2D eigenvalue weighted by atomic mass is 35.5. The Labute approximate surface area is 237 Å². The van der Waals surface area contributed by atoms with Crippen LogP contribution >= 0.6 is 24.2 Å². The number of thioether (sulfide) groups is 1. The summed E-state index contributed by atoms with van der Waals surface area (Å²) in [5, 5.41) is 10.5. The molecule has 0 saturated carbocycles. The third-order valence-electron chi connectivity index (χ3n) is 6.17. The maximum atomic E-state index is 14.1. The van der Waals surface area contributed by atoms with E-state index >= 15 is 0 Å². The van der Waals surface area contributed by atoms with Crippen LogP contribution in [0.5, 0.6) is 5.75 Å². The summed E-state index contributed by atoms with van der Waals surface area (Å²) in [7, 11) is 5.53. The number of non-ortho nitro benzene ring substituents is 1. The van der Waals surface area contributed by atoms with E-state index in [9.17, 15) is 19.7 Å². The zero-order valence-electron chi connectivity index (χ0n) is 21.8. The summed E-state index contributed by atoms with van der Waals surface area (Å²) in [5.41, 5.74) is 1.56. The summed E-state index contributed by atoms with van der Waals surface area (Å²) in [6.45, 7) is 1.24. The van der Waals surface area contributed by atoms with Gasteiger partial charge < -0.3 is 19.3 Å².